The Hall–Kier alpha value is -2.85. The number of ether oxygens (including phenoxy) is 1. The number of amides is 1. The van der Waals surface area contributed by atoms with E-state index in [1.807, 2.05) is 35.2 Å². The predicted octanol–water partition coefficient (Wildman–Crippen LogP) is 6.24. The molecule has 0 aromatic heterocycles. The number of piperidine rings is 1. The van der Waals surface area contributed by atoms with Crippen molar-refractivity contribution in [1.29, 1.82) is 0 Å². The number of carbonyl (C=O) groups excluding carboxylic acids is 1. The van der Waals surface area contributed by atoms with Crippen molar-refractivity contribution >= 4 is 5.91 Å². The first-order valence-electron chi connectivity index (χ1n) is 12.0. The molecule has 0 spiro atoms. The second-order valence-electron chi connectivity index (χ2n) is 9.55. The quantitative estimate of drug-likeness (QED) is 0.371. The zero-order valence-corrected chi connectivity index (χ0v) is 20.3. The number of nitrogens with one attached hydrogen (secondary N) is 1. The monoisotopic (exact) mass is 526 g/mol. The summed E-state index contributed by atoms with van der Waals surface area (Å²) < 4.78 is 86.4. The number of nitrogens with zero attached hydrogens (tertiary/aromatic N) is 1. The molecule has 0 aliphatic carbocycles. The summed E-state index contributed by atoms with van der Waals surface area (Å²) in [6.45, 7) is 2.55. The highest BCUT2D eigenvalue weighted by Crippen LogP contribution is 2.42. The van der Waals surface area contributed by atoms with Crippen LogP contribution in [-0.2, 0) is 27.4 Å². The van der Waals surface area contributed by atoms with E-state index in [1.54, 1.807) is 0 Å². The topological polar surface area (TPSA) is 41.6 Å². The average Bonchev–Trinajstić information content (AvgIpc) is 2.92. The molecule has 2 aromatic rings. The Bertz CT molecular complexity index is 1110. The fourth-order valence-electron chi connectivity index (χ4n) is 4.99. The van der Waals surface area contributed by atoms with Crippen LogP contribution in [0.2, 0.25) is 0 Å². The standard InChI is InChI=1S/C27H28F6N2O2/c1-18(20-12-22(26(28,29)30)14-23(13-20)27(31,32)33)37-17-25(21-7-3-2-4-8-21)10-9-19-6-5-11-34-24(36)16-35(25)15-19/h2-4,6-8,12-14,18H,5,9-11,15-17H2,1H3,(H,34,36)/t18?,25-/m1/s1. The van der Waals surface area contributed by atoms with Crippen molar-refractivity contribution in [2.24, 2.45) is 0 Å². The van der Waals surface area contributed by atoms with E-state index in [-0.39, 0.29) is 30.7 Å². The molecule has 2 unspecified atom stereocenters. The van der Waals surface area contributed by atoms with Gasteiger partial charge in [0.15, 0.2) is 0 Å². The lowest BCUT2D eigenvalue weighted by Crippen LogP contribution is -2.55. The first kappa shape index (κ1) is 27.2. The molecule has 0 saturated carbocycles. The third-order valence-corrected chi connectivity index (χ3v) is 7.06. The molecule has 2 heterocycles. The molecule has 2 aromatic carbocycles. The van der Waals surface area contributed by atoms with E-state index in [0.29, 0.717) is 31.6 Å². The van der Waals surface area contributed by atoms with Gasteiger partial charge in [0, 0.05) is 13.1 Å². The summed E-state index contributed by atoms with van der Waals surface area (Å²) in [5, 5.41) is 2.88. The maximum absolute atomic E-state index is 13.4. The zero-order chi connectivity index (χ0) is 26.8. The molecule has 1 amide bonds. The molecule has 200 valence electrons. The molecule has 4 rings (SSSR count). The summed E-state index contributed by atoms with van der Waals surface area (Å²) in [7, 11) is 0. The minimum Gasteiger partial charge on any atom is -0.372 e. The second-order valence-corrected chi connectivity index (χ2v) is 9.55. The molecule has 2 aliphatic rings. The summed E-state index contributed by atoms with van der Waals surface area (Å²) >= 11 is 0. The van der Waals surface area contributed by atoms with E-state index in [4.69, 9.17) is 4.74 Å². The molecular formula is C27H28F6N2O2. The molecule has 2 aliphatic heterocycles. The van der Waals surface area contributed by atoms with Gasteiger partial charge in [0.2, 0.25) is 5.91 Å². The van der Waals surface area contributed by atoms with Gasteiger partial charge in [-0.15, -0.1) is 0 Å². The SMILES string of the molecule is CC(OC[C@@]1(c2ccccc2)CCC2=CCCNC(=O)CN1C2)c1cc(C(F)(F)F)cc(C(F)(F)F)c1. The van der Waals surface area contributed by atoms with E-state index in [2.05, 4.69) is 11.4 Å². The summed E-state index contributed by atoms with van der Waals surface area (Å²) in [6, 6.07) is 10.9. The lowest BCUT2D eigenvalue weighted by atomic mass is 9.79. The Labute approximate surface area is 211 Å². The molecule has 10 heteroatoms. The Kier molecular flexibility index (Phi) is 7.71. The predicted molar refractivity (Wildman–Crippen MR) is 125 cm³/mol. The van der Waals surface area contributed by atoms with Gasteiger partial charge in [0.1, 0.15) is 0 Å². The maximum Gasteiger partial charge on any atom is 0.416 e. The lowest BCUT2D eigenvalue weighted by Gasteiger charge is -2.48. The number of carbonyl (C=O) groups is 1. The molecule has 37 heavy (non-hydrogen) atoms. The van der Waals surface area contributed by atoms with Gasteiger partial charge in [0.05, 0.1) is 35.9 Å². The van der Waals surface area contributed by atoms with Crippen molar-refractivity contribution in [2.45, 2.75) is 50.2 Å². The smallest absolute Gasteiger partial charge is 0.372 e. The van der Waals surface area contributed by atoms with Gasteiger partial charge in [-0.25, -0.2) is 0 Å². The fraction of sp³-hybridized carbons (Fsp3) is 0.444. The second kappa shape index (κ2) is 10.5. The first-order valence-corrected chi connectivity index (χ1v) is 12.0. The van der Waals surface area contributed by atoms with Crippen LogP contribution in [0.1, 0.15) is 54.5 Å². The van der Waals surface area contributed by atoms with Gasteiger partial charge in [-0.3, -0.25) is 9.69 Å². The van der Waals surface area contributed by atoms with Crippen LogP contribution in [0.25, 0.3) is 0 Å². The van der Waals surface area contributed by atoms with Gasteiger partial charge in [-0.05, 0) is 55.5 Å². The number of benzene rings is 2. The van der Waals surface area contributed by atoms with Crippen molar-refractivity contribution in [2.75, 3.05) is 26.2 Å². The van der Waals surface area contributed by atoms with Gasteiger partial charge >= 0.3 is 12.4 Å². The van der Waals surface area contributed by atoms with Gasteiger partial charge in [-0.1, -0.05) is 42.0 Å². The van der Waals surface area contributed by atoms with Crippen LogP contribution >= 0.6 is 0 Å². The Morgan fingerprint density at radius 1 is 1.00 bits per heavy atom. The highest BCUT2D eigenvalue weighted by Gasteiger charge is 2.44. The third-order valence-electron chi connectivity index (χ3n) is 7.06. The average molecular weight is 527 g/mol. The number of hydrogen-bond acceptors (Lipinski definition) is 3. The van der Waals surface area contributed by atoms with Gasteiger partial charge < -0.3 is 10.1 Å². The largest absolute Gasteiger partial charge is 0.416 e. The number of fused-ring (bicyclic) bond motifs is 2. The highest BCUT2D eigenvalue weighted by molar-refractivity contribution is 5.78. The van der Waals surface area contributed by atoms with Crippen molar-refractivity contribution < 1.29 is 35.9 Å². The van der Waals surface area contributed by atoms with E-state index in [9.17, 15) is 31.1 Å². The van der Waals surface area contributed by atoms with Crippen molar-refractivity contribution in [3.05, 3.63) is 82.4 Å². The first-order chi connectivity index (χ1) is 17.4. The van der Waals surface area contributed by atoms with Crippen LogP contribution in [0, 0.1) is 0 Å². The van der Waals surface area contributed by atoms with Crippen LogP contribution in [-0.4, -0.2) is 37.0 Å². The fourth-order valence-corrected chi connectivity index (χ4v) is 4.99. The highest BCUT2D eigenvalue weighted by atomic mass is 19.4. The Balaban J connectivity index is 1.68. The molecule has 1 fully saturated rings. The molecule has 3 atom stereocenters. The summed E-state index contributed by atoms with van der Waals surface area (Å²) in [6.07, 6.45) is -6.80. The Morgan fingerprint density at radius 2 is 1.65 bits per heavy atom. The Morgan fingerprint density at radius 3 is 2.27 bits per heavy atom. The molecular weight excluding hydrogens is 498 g/mol. The van der Waals surface area contributed by atoms with Crippen LogP contribution in [0.15, 0.2) is 60.2 Å². The minimum absolute atomic E-state index is 0.0175. The molecule has 0 radical (unpaired) electrons. The number of hydrogen-bond donors (Lipinski definition) is 1. The van der Waals surface area contributed by atoms with Crippen molar-refractivity contribution in [3.8, 4) is 0 Å². The number of alkyl halides is 6. The normalized spacial score (nSPS) is 23.8. The lowest BCUT2D eigenvalue weighted by molar-refractivity contribution is -0.143. The van der Waals surface area contributed by atoms with Crippen molar-refractivity contribution in [3.63, 3.8) is 0 Å². The van der Waals surface area contributed by atoms with Gasteiger partial charge in [-0.2, -0.15) is 26.3 Å². The molecule has 1 N–H and O–H groups in total. The van der Waals surface area contributed by atoms with Gasteiger partial charge in [0.25, 0.3) is 0 Å². The maximum atomic E-state index is 13.4. The van der Waals surface area contributed by atoms with E-state index < -0.39 is 35.1 Å². The van der Waals surface area contributed by atoms with Crippen LogP contribution in [0.5, 0.6) is 0 Å². The van der Waals surface area contributed by atoms with Crippen molar-refractivity contribution in [1.82, 2.24) is 10.2 Å². The molecule has 2 bridgehead atoms. The summed E-state index contributed by atoms with van der Waals surface area (Å²) in [5.74, 6) is -0.155. The van der Waals surface area contributed by atoms with Crippen LogP contribution in [0.3, 0.4) is 0 Å². The van der Waals surface area contributed by atoms with E-state index in [0.717, 1.165) is 18.4 Å². The van der Waals surface area contributed by atoms with E-state index in [1.165, 1.54) is 12.5 Å². The summed E-state index contributed by atoms with van der Waals surface area (Å²) in [4.78, 5) is 14.6. The minimum atomic E-state index is -4.94. The summed E-state index contributed by atoms with van der Waals surface area (Å²) in [5.41, 5.74) is -1.71. The number of halogens is 6. The van der Waals surface area contributed by atoms with E-state index >= 15 is 0 Å². The third kappa shape index (κ3) is 6.18. The number of rotatable bonds is 5. The molecule has 1 saturated heterocycles. The van der Waals surface area contributed by atoms with Crippen LogP contribution in [0.4, 0.5) is 26.3 Å². The van der Waals surface area contributed by atoms with Crippen LogP contribution < -0.4 is 5.32 Å². The zero-order valence-electron chi connectivity index (χ0n) is 20.3. The molecule has 4 nitrogen and oxygen atoms in total.